The third-order valence-electron chi connectivity index (χ3n) is 5.29. The monoisotopic (exact) mass is 394 g/mol. The maximum atomic E-state index is 13.6. The third-order valence-corrected chi connectivity index (χ3v) is 5.29. The SMILES string of the molecule is Cc1ccc(CNC(=O)C2CCN(c3noc(-c4ccccc4)n3)CC2)cc1F. The Morgan fingerprint density at radius 2 is 1.97 bits per heavy atom. The Morgan fingerprint density at radius 1 is 1.21 bits per heavy atom. The number of hydrogen-bond donors (Lipinski definition) is 1. The number of aryl methyl sites for hydroxylation is 1. The predicted octanol–water partition coefficient (Wildman–Crippen LogP) is 3.72. The van der Waals surface area contributed by atoms with Gasteiger partial charge in [0.05, 0.1) is 0 Å². The lowest BCUT2D eigenvalue weighted by Gasteiger charge is -2.30. The molecule has 0 bridgehead atoms. The largest absolute Gasteiger partial charge is 0.352 e. The molecule has 1 aliphatic rings. The standard InChI is InChI=1S/C22H23FN4O2/c1-15-7-8-16(13-19(15)23)14-24-20(28)17-9-11-27(12-10-17)22-25-21(29-26-22)18-5-3-2-4-6-18/h2-8,13,17H,9-12,14H2,1H3,(H,24,28). The van der Waals surface area contributed by atoms with Gasteiger partial charge in [-0.25, -0.2) is 4.39 Å². The van der Waals surface area contributed by atoms with E-state index in [1.165, 1.54) is 6.07 Å². The van der Waals surface area contributed by atoms with E-state index in [-0.39, 0.29) is 17.6 Å². The van der Waals surface area contributed by atoms with E-state index in [0.717, 1.165) is 11.1 Å². The molecule has 1 N–H and O–H groups in total. The highest BCUT2D eigenvalue weighted by Crippen LogP contribution is 2.24. The Morgan fingerprint density at radius 3 is 2.69 bits per heavy atom. The van der Waals surface area contributed by atoms with Crippen molar-refractivity contribution in [2.24, 2.45) is 5.92 Å². The second-order valence-electron chi connectivity index (χ2n) is 7.33. The van der Waals surface area contributed by atoms with Crippen LogP contribution in [-0.2, 0) is 11.3 Å². The van der Waals surface area contributed by atoms with Crippen LogP contribution in [0.3, 0.4) is 0 Å². The maximum absolute atomic E-state index is 13.6. The molecular formula is C22H23FN4O2. The van der Waals surface area contributed by atoms with Crippen LogP contribution in [-0.4, -0.2) is 29.1 Å². The van der Waals surface area contributed by atoms with Gasteiger partial charge in [-0.3, -0.25) is 4.79 Å². The summed E-state index contributed by atoms with van der Waals surface area (Å²) in [6, 6.07) is 14.7. The number of aromatic nitrogens is 2. The van der Waals surface area contributed by atoms with E-state index in [9.17, 15) is 9.18 Å². The summed E-state index contributed by atoms with van der Waals surface area (Å²) >= 11 is 0. The zero-order chi connectivity index (χ0) is 20.2. The van der Waals surface area contributed by atoms with E-state index in [4.69, 9.17) is 4.52 Å². The molecular weight excluding hydrogens is 371 g/mol. The van der Waals surface area contributed by atoms with Gasteiger partial charge in [0.25, 0.3) is 11.8 Å². The molecule has 150 valence electrons. The smallest absolute Gasteiger partial charge is 0.266 e. The van der Waals surface area contributed by atoms with Crippen molar-refractivity contribution in [2.75, 3.05) is 18.0 Å². The lowest BCUT2D eigenvalue weighted by atomic mass is 9.96. The molecule has 1 aromatic heterocycles. The van der Waals surface area contributed by atoms with Gasteiger partial charge in [0.2, 0.25) is 5.91 Å². The van der Waals surface area contributed by atoms with Gasteiger partial charge >= 0.3 is 0 Å². The van der Waals surface area contributed by atoms with Crippen LogP contribution in [0.5, 0.6) is 0 Å². The second-order valence-corrected chi connectivity index (χ2v) is 7.33. The highest BCUT2D eigenvalue weighted by Gasteiger charge is 2.27. The molecule has 0 atom stereocenters. The van der Waals surface area contributed by atoms with Crippen molar-refractivity contribution >= 4 is 11.9 Å². The third kappa shape index (κ3) is 4.45. The Labute approximate surface area is 168 Å². The van der Waals surface area contributed by atoms with E-state index in [0.29, 0.717) is 49.9 Å². The van der Waals surface area contributed by atoms with E-state index in [2.05, 4.69) is 15.5 Å². The summed E-state index contributed by atoms with van der Waals surface area (Å²) in [5, 5.41) is 7.00. The first-order valence-corrected chi connectivity index (χ1v) is 9.77. The highest BCUT2D eigenvalue weighted by atomic mass is 19.1. The number of nitrogens with one attached hydrogen (secondary N) is 1. The normalized spacial score (nSPS) is 14.8. The number of carbonyl (C=O) groups excluding carboxylic acids is 1. The summed E-state index contributed by atoms with van der Waals surface area (Å²) in [5.74, 6) is 0.731. The molecule has 0 spiro atoms. The fourth-order valence-corrected chi connectivity index (χ4v) is 3.46. The van der Waals surface area contributed by atoms with Crippen LogP contribution >= 0.6 is 0 Å². The minimum absolute atomic E-state index is 0.00344. The van der Waals surface area contributed by atoms with Gasteiger partial charge < -0.3 is 14.7 Å². The van der Waals surface area contributed by atoms with Crippen molar-refractivity contribution in [1.82, 2.24) is 15.5 Å². The zero-order valence-corrected chi connectivity index (χ0v) is 16.3. The number of nitrogens with zero attached hydrogens (tertiary/aromatic N) is 3. The van der Waals surface area contributed by atoms with Crippen molar-refractivity contribution in [3.8, 4) is 11.5 Å². The Hall–Kier alpha value is -3.22. The number of benzene rings is 2. The van der Waals surface area contributed by atoms with Gasteiger partial charge in [-0.05, 0) is 54.2 Å². The number of anilines is 1. The van der Waals surface area contributed by atoms with Gasteiger partial charge in [0.15, 0.2) is 0 Å². The van der Waals surface area contributed by atoms with Gasteiger partial charge in [-0.1, -0.05) is 30.3 Å². The number of piperidine rings is 1. The molecule has 1 aliphatic heterocycles. The van der Waals surface area contributed by atoms with Crippen molar-refractivity contribution in [3.63, 3.8) is 0 Å². The summed E-state index contributed by atoms with van der Waals surface area (Å²) in [6.45, 7) is 3.43. The minimum Gasteiger partial charge on any atom is -0.352 e. The molecule has 1 saturated heterocycles. The lowest BCUT2D eigenvalue weighted by molar-refractivity contribution is -0.125. The molecule has 2 aromatic carbocycles. The number of carbonyl (C=O) groups is 1. The Bertz CT molecular complexity index is 981. The number of rotatable bonds is 5. The van der Waals surface area contributed by atoms with E-state index in [1.807, 2.05) is 41.3 Å². The molecule has 1 amide bonds. The van der Waals surface area contributed by atoms with Gasteiger partial charge in [0.1, 0.15) is 5.82 Å². The van der Waals surface area contributed by atoms with Crippen LogP contribution in [0.4, 0.5) is 10.3 Å². The molecule has 0 unspecified atom stereocenters. The first-order valence-electron chi connectivity index (χ1n) is 9.77. The molecule has 0 radical (unpaired) electrons. The van der Waals surface area contributed by atoms with Crippen LogP contribution in [0.2, 0.25) is 0 Å². The van der Waals surface area contributed by atoms with E-state index in [1.54, 1.807) is 13.0 Å². The van der Waals surface area contributed by atoms with Crippen LogP contribution in [0.1, 0.15) is 24.0 Å². The van der Waals surface area contributed by atoms with Crippen LogP contribution in [0, 0.1) is 18.7 Å². The second kappa shape index (κ2) is 8.43. The van der Waals surface area contributed by atoms with Crippen molar-refractivity contribution in [1.29, 1.82) is 0 Å². The number of halogens is 1. The predicted molar refractivity (Wildman–Crippen MR) is 108 cm³/mol. The van der Waals surface area contributed by atoms with Crippen LogP contribution < -0.4 is 10.2 Å². The molecule has 6 nitrogen and oxygen atoms in total. The fraction of sp³-hybridized carbons (Fsp3) is 0.318. The fourth-order valence-electron chi connectivity index (χ4n) is 3.46. The molecule has 3 aromatic rings. The topological polar surface area (TPSA) is 71.3 Å². The summed E-state index contributed by atoms with van der Waals surface area (Å²) in [6.07, 6.45) is 1.42. The molecule has 0 aliphatic carbocycles. The highest BCUT2D eigenvalue weighted by molar-refractivity contribution is 5.79. The molecule has 29 heavy (non-hydrogen) atoms. The molecule has 0 saturated carbocycles. The average molecular weight is 394 g/mol. The van der Waals surface area contributed by atoms with Crippen molar-refractivity contribution in [3.05, 3.63) is 65.5 Å². The Balaban J connectivity index is 1.29. The van der Waals surface area contributed by atoms with Crippen molar-refractivity contribution in [2.45, 2.75) is 26.3 Å². The summed E-state index contributed by atoms with van der Waals surface area (Å²) in [4.78, 5) is 19.0. The Kier molecular flexibility index (Phi) is 5.55. The zero-order valence-electron chi connectivity index (χ0n) is 16.3. The lowest BCUT2D eigenvalue weighted by Crippen LogP contribution is -2.40. The quantitative estimate of drug-likeness (QED) is 0.714. The molecule has 2 heterocycles. The van der Waals surface area contributed by atoms with Crippen molar-refractivity contribution < 1.29 is 13.7 Å². The number of amides is 1. The summed E-state index contributed by atoms with van der Waals surface area (Å²) in [7, 11) is 0. The number of hydrogen-bond acceptors (Lipinski definition) is 5. The summed E-state index contributed by atoms with van der Waals surface area (Å²) < 4.78 is 19.0. The average Bonchev–Trinajstić information content (AvgIpc) is 3.25. The van der Waals surface area contributed by atoms with E-state index >= 15 is 0 Å². The first kappa shape index (κ1) is 19.1. The first-order chi connectivity index (χ1) is 14.1. The van der Waals surface area contributed by atoms with E-state index < -0.39 is 0 Å². The van der Waals surface area contributed by atoms with Gasteiger partial charge in [-0.2, -0.15) is 4.98 Å². The molecule has 1 fully saturated rings. The summed E-state index contributed by atoms with van der Waals surface area (Å²) in [5.41, 5.74) is 2.25. The van der Waals surface area contributed by atoms with Crippen LogP contribution in [0.15, 0.2) is 53.1 Å². The minimum atomic E-state index is -0.250. The van der Waals surface area contributed by atoms with Gasteiger partial charge in [-0.15, -0.1) is 0 Å². The van der Waals surface area contributed by atoms with Gasteiger partial charge in [0, 0.05) is 31.1 Å². The molecule has 4 rings (SSSR count). The maximum Gasteiger partial charge on any atom is 0.266 e. The van der Waals surface area contributed by atoms with Crippen LogP contribution in [0.25, 0.3) is 11.5 Å². The molecule has 7 heteroatoms.